The number of amides is 1. The molecule has 0 unspecified atom stereocenters. The molecule has 1 fully saturated rings. The van der Waals surface area contributed by atoms with E-state index in [4.69, 9.17) is 40.2 Å². The topological polar surface area (TPSA) is 29.5 Å². The summed E-state index contributed by atoms with van der Waals surface area (Å²) < 4.78 is 6.37. The summed E-state index contributed by atoms with van der Waals surface area (Å²) in [6, 6.07) is 21.0. The van der Waals surface area contributed by atoms with Gasteiger partial charge in [0, 0.05) is 10.6 Å². The molecule has 3 aromatic rings. The molecule has 1 amide bonds. The molecule has 0 saturated carbocycles. The molecule has 3 aromatic carbocycles. The monoisotopic (exact) mass is 499 g/mol. The van der Waals surface area contributed by atoms with Crippen LogP contribution in [0.25, 0.3) is 6.08 Å². The highest BCUT2D eigenvalue weighted by Crippen LogP contribution is 2.35. The van der Waals surface area contributed by atoms with Gasteiger partial charge in [-0.2, -0.15) is 0 Å². The average molecular weight is 500 g/mol. The summed E-state index contributed by atoms with van der Waals surface area (Å²) in [5.74, 6) is 0.450. The summed E-state index contributed by atoms with van der Waals surface area (Å²) >= 11 is 19.3. The van der Waals surface area contributed by atoms with Crippen molar-refractivity contribution in [3.05, 3.63) is 104 Å². The van der Waals surface area contributed by atoms with Crippen LogP contribution in [0.3, 0.4) is 0 Å². The molecule has 4 rings (SSSR count). The van der Waals surface area contributed by atoms with Crippen LogP contribution < -0.4 is 4.74 Å². The lowest BCUT2D eigenvalue weighted by Gasteiger charge is -2.14. The van der Waals surface area contributed by atoms with Crippen LogP contribution in [0.2, 0.25) is 10.0 Å². The first-order valence-electron chi connectivity index (χ1n) is 9.87. The summed E-state index contributed by atoms with van der Waals surface area (Å²) in [6.07, 6.45) is 1.80. The maximum atomic E-state index is 12.9. The van der Waals surface area contributed by atoms with Crippen molar-refractivity contribution in [1.29, 1.82) is 0 Å². The highest BCUT2D eigenvalue weighted by Gasteiger charge is 2.32. The van der Waals surface area contributed by atoms with Gasteiger partial charge in [-0.05, 0) is 42.3 Å². The number of carbonyl (C=O) groups excluding carboxylic acids is 1. The molecule has 1 heterocycles. The third kappa shape index (κ3) is 5.36. The number of hydrogen-bond acceptors (Lipinski definition) is 4. The van der Waals surface area contributed by atoms with Crippen LogP contribution in [-0.4, -0.2) is 15.1 Å². The molecular weight excluding hydrogens is 481 g/mol. The van der Waals surface area contributed by atoms with Gasteiger partial charge in [0.1, 0.15) is 16.7 Å². The third-order valence-electron chi connectivity index (χ3n) is 4.93. The fourth-order valence-electron chi connectivity index (χ4n) is 3.16. The number of thioether (sulfide) groups is 1. The molecule has 1 aliphatic heterocycles. The van der Waals surface area contributed by atoms with E-state index in [1.54, 1.807) is 23.1 Å². The van der Waals surface area contributed by atoms with Crippen LogP contribution >= 0.6 is 47.2 Å². The molecule has 1 aliphatic rings. The molecule has 0 aromatic heterocycles. The summed E-state index contributed by atoms with van der Waals surface area (Å²) in [7, 11) is 0. The number of thiocarbonyl (C=S) groups is 1. The van der Waals surface area contributed by atoms with Crippen LogP contribution in [0.15, 0.2) is 71.6 Å². The first-order valence-corrected chi connectivity index (χ1v) is 11.9. The predicted molar refractivity (Wildman–Crippen MR) is 137 cm³/mol. The highest BCUT2D eigenvalue weighted by atomic mass is 35.5. The van der Waals surface area contributed by atoms with Crippen molar-refractivity contribution in [1.82, 2.24) is 4.90 Å². The van der Waals surface area contributed by atoms with Gasteiger partial charge < -0.3 is 4.74 Å². The molecule has 32 heavy (non-hydrogen) atoms. The van der Waals surface area contributed by atoms with Crippen molar-refractivity contribution in [2.24, 2.45) is 0 Å². The van der Waals surface area contributed by atoms with E-state index in [2.05, 4.69) is 0 Å². The quantitative estimate of drug-likeness (QED) is 0.263. The van der Waals surface area contributed by atoms with Gasteiger partial charge in [-0.1, -0.05) is 101 Å². The predicted octanol–water partition coefficient (Wildman–Crippen LogP) is 7.28. The Hall–Kier alpha value is -2.31. The maximum absolute atomic E-state index is 12.9. The zero-order valence-electron chi connectivity index (χ0n) is 17.2. The highest BCUT2D eigenvalue weighted by molar-refractivity contribution is 8.26. The number of aryl methyl sites for hydroxylation is 1. The minimum atomic E-state index is -0.101. The van der Waals surface area contributed by atoms with E-state index in [-0.39, 0.29) is 5.91 Å². The van der Waals surface area contributed by atoms with Crippen LogP contribution in [0.1, 0.15) is 22.3 Å². The Bertz CT molecular complexity index is 1210. The van der Waals surface area contributed by atoms with Crippen molar-refractivity contribution in [2.45, 2.75) is 20.1 Å². The minimum absolute atomic E-state index is 0.101. The van der Waals surface area contributed by atoms with Crippen LogP contribution in [0.4, 0.5) is 0 Å². The molecule has 1 saturated heterocycles. The average Bonchev–Trinajstić information content (AvgIpc) is 3.03. The number of benzene rings is 3. The van der Waals surface area contributed by atoms with E-state index in [1.165, 1.54) is 17.3 Å². The molecule has 162 valence electrons. The van der Waals surface area contributed by atoms with E-state index >= 15 is 0 Å². The molecule has 0 radical (unpaired) electrons. The van der Waals surface area contributed by atoms with Crippen LogP contribution in [-0.2, 0) is 17.9 Å². The number of ether oxygens (including phenoxy) is 1. The van der Waals surface area contributed by atoms with Gasteiger partial charge in [-0.15, -0.1) is 0 Å². The van der Waals surface area contributed by atoms with Crippen LogP contribution in [0, 0.1) is 6.92 Å². The molecular formula is C25H19Cl2NO2S2. The smallest absolute Gasteiger partial charge is 0.266 e. The lowest BCUT2D eigenvalue weighted by molar-refractivity contribution is -0.122. The van der Waals surface area contributed by atoms with Crippen molar-refractivity contribution in [2.75, 3.05) is 0 Å². The molecule has 0 spiro atoms. The first kappa shape index (κ1) is 22.9. The fraction of sp³-hybridized carbons (Fsp3) is 0.120. The Balaban J connectivity index is 1.45. The van der Waals surface area contributed by atoms with E-state index in [0.717, 1.165) is 16.7 Å². The number of halogens is 2. The number of nitrogens with zero attached hydrogens (tertiary/aromatic N) is 1. The van der Waals surface area contributed by atoms with Crippen molar-refractivity contribution >= 4 is 63.5 Å². The van der Waals surface area contributed by atoms with E-state index in [9.17, 15) is 4.79 Å². The minimum Gasteiger partial charge on any atom is -0.487 e. The molecule has 0 aliphatic carbocycles. The normalized spacial score (nSPS) is 15.0. The zero-order valence-corrected chi connectivity index (χ0v) is 20.3. The van der Waals surface area contributed by atoms with Gasteiger partial charge in [0.05, 0.1) is 16.5 Å². The van der Waals surface area contributed by atoms with Crippen LogP contribution in [0.5, 0.6) is 5.75 Å². The maximum Gasteiger partial charge on any atom is 0.266 e. The van der Waals surface area contributed by atoms with Crippen molar-refractivity contribution in [3.8, 4) is 5.75 Å². The van der Waals surface area contributed by atoms with Gasteiger partial charge in [-0.25, -0.2) is 0 Å². The van der Waals surface area contributed by atoms with Gasteiger partial charge in [0.25, 0.3) is 5.91 Å². The van der Waals surface area contributed by atoms with Gasteiger partial charge in [0.15, 0.2) is 0 Å². The Morgan fingerprint density at radius 1 is 1.03 bits per heavy atom. The molecule has 7 heteroatoms. The first-order chi connectivity index (χ1) is 15.4. The summed E-state index contributed by atoms with van der Waals surface area (Å²) in [4.78, 5) is 15.1. The second-order valence-electron chi connectivity index (χ2n) is 7.32. The number of hydrogen-bond donors (Lipinski definition) is 0. The molecule has 0 atom stereocenters. The number of carbonyl (C=O) groups is 1. The Labute approximate surface area is 207 Å². The zero-order chi connectivity index (χ0) is 22.7. The third-order valence-corrected chi connectivity index (χ3v) is 6.97. The lowest BCUT2D eigenvalue weighted by Crippen LogP contribution is -2.27. The molecule has 0 N–H and O–H groups in total. The van der Waals surface area contributed by atoms with Gasteiger partial charge in [-0.3, -0.25) is 9.69 Å². The SMILES string of the molecule is Cc1ccc(CN2C(=O)/C(=C/c3ccc(OCc4ccccc4Cl)c(Cl)c3)SC2=S)cc1. The fourth-order valence-corrected chi connectivity index (χ4v) is 4.85. The second kappa shape index (κ2) is 10.1. The number of rotatable bonds is 6. The summed E-state index contributed by atoms with van der Waals surface area (Å²) in [5, 5.41) is 1.11. The van der Waals surface area contributed by atoms with E-state index in [1.807, 2.05) is 61.5 Å². The Kier molecular flexibility index (Phi) is 7.21. The summed E-state index contributed by atoms with van der Waals surface area (Å²) in [6.45, 7) is 2.80. The summed E-state index contributed by atoms with van der Waals surface area (Å²) in [5.41, 5.74) is 3.90. The Morgan fingerprint density at radius 3 is 2.50 bits per heavy atom. The second-order valence-corrected chi connectivity index (χ2v) is 9.81. The molecule has 3 nitrogen and oxygen atoms in total. The van der Waals surface area contributed by atoms with Crippen molar-refractivity contribution in [3.63, 3.8) is 0 Å². The van der Waals surface area contributed by atoms with Gasteiger partial charge >= 0.3 is 0 Å². The van der Waals surface area contributed by atoms with Gasteiger partial charge in [0.2, 0.25) is 0 Å². The molecule has 0 bridgehead atoms. The lowest BCUT2D eigenvalue weighted by atomic mass is 10.1. The largest absolute Gasteiger partial charge is 0.487 e. The van der Waals surface area contributed by atoms with E-state index in [0.29, 0.717) is 38.2 Å². The van der Waals surface area contributed by atoms with E-state index < -0.39 is 0 Å². The van der Waals surface area contributed by atoms with Crippen molar-refractivity contribution < 1.29 is 9.53 Å². The standard InChI is InChI=1S/C25H19Cl2NO2S2/c1-16-6-8-17(9-7-16)14-28-24(29)23(32-25(28)31)13-18-10-11-22(21(27)12-18)30-15-19-4-2-3-5-20(19)26/h2-13H,14-15H2,1H3/b23-13-. The Morgan fingerprint density at radius 2 is 1.78 bits per heavy atom.